The summed E-state index contributed by atoms with van der Waals surface area (Å²) in [4.78, 5) is 4.70. The first kappa shape index (κ1) is 23.6. The summed E-state index contributed by atoms with van der Waals surface area (Å²) in [5.41, 5.74) is -0.284. The molecule has 10 heteroatoms. The number of nitrogens with zero attached hydrogens (tertiary/aromatic N) is 6. The Balaban J connectivity index is 0.00000300. The number of aliphatic imine (C=N–C) groups is 1. The zero-order valence-electron chi connectivity index (χ0n) is 17.7. The van der Waals surface area contributed by atoms with Crippen molar-refractivity contribution in [2.75, 3.05) is 6.54 Å². The lowest BCUT2D eigenvalue weighted by molar-refractivity contribution is 0.0615. The van der Waals surface area contributed by atoms with Crippen LogP contribution in [0, 0.1) is 6.92 Å². The fourth-order valence-corrected chi connectivity index (χ4v) is 3.39. The van der Waals surface area contributed by atoms with Crippen molar-refractivity contribution in [1.82, 2.24) is 35.2 Å². The third-order valence-electron chi connectivity index (χ3n) is 5.43. The Labute approximate surface area is 189 Å². The van der Waals surface area contributed by atoms with Crippen LogP contribution in [-0.2, 0) is 26.2 Å². The molecular formula is C19H33IN8O. The fourth-order valence-electron chi connectivity index (χ4n) is 3.39. The van der Waals surface area contributed by atoms with Crippen molar-refractivity contribution in [2.45, 2.75) is 64.1 Å². The number of hydrogen-bond donors (Lipinski definition) is 3. The Morgan fingerprint density at radius 1 is 1.28 bits per heavy atom. The van der Waals surface area contributed by atoms with Crippen LogP contribution in [0.15, 0.2) is 17.4 Å². The molecule has 2 aromatic rings. The van der Waals surface area contributed by atoms with Crippen molar-refractivity contribution >= 4 is 29.9 Å². The van der Waals surface area contributed by atoms with Gasteiger partial charge in [-0.2, -0.15) is 5.10 Å². The van der Waals surface area contributed by atoms with Gasteiger partial charge in [-0.05, 0) is 26.7 Å². The third kappa shape index (κ3) is 6.39. The van der Waals surface area contributed by atoms with Gasteiger partial charge in [0.1, 0.15) is 18.0 Å². The van der Waals surface area contributed by atoms with Crippen molar-refractivity contribution < 1.29 is 5.11 Å². The highest BCUT2D eigenvalue weighted by molar-refractivity contribution is 14.0. The van der Waals surface area contributed by atoms with Gasteiger partial charge in [0.2, 0.25) is 0 Å². The Kier molecular flexibility index (Phi) is 8.44. The van der Waals surface area contributed by atoms with Crippen molar-refractivity contribution in [3.05, 3.63) is 29.6 Å². The monoisotopic (exact) mass is 516 g/mol. The highest BCUT2D eigenvalue weighted by Gasteiger charge is 2.25. The van der Waals surface area contributed by atoms with Crippen molar-refractivity contribution in [3.63, 3.8) is 0 Å². The second-order valence-corrected chi connectivity index (χ2v) is 7.90. The highest BCUT2D eigenvalue weighted by Crippen LogP contribution is 2.19. The second-order valence-electron chi connectivity index (χ2n) is 7.90. The molecule has 2 aromatic heterocycles. The number of aromatic nitrogens is 5. The summed E-state index contributed by atoms with van der Waals surface area (Å²) >= 11 is 0. The molecule has 1 aliphatic rings. The standard InChI is InChI=1S/C19H32N8O.HI/c1-14-24-25-17(27(14)4)11-20-18(23-16-8-6-5-7-9-16)21-13-19(2,28)15-10-22-26(3)12-15;/h10,12,16,28H,5-9,11,13H2,1-4H3,(H2,20,21,23);1H. The van der Waals surface area contributed by atoms with Gasteiger partial charge >= 0.3 is 0 Å². The largest absolute Gasteiger partial charge is 0.383 e. The molecular weight excluding hydrogens is 483 g/mol. The zero-order valence-corrected chi connectivity index (χ0v) is 20.1. The molecule has 0 amide bonds. The maximum atomic E-state index is 10.9. The Morgan fingerprint density at radius 3 is 2.59 bits per heavy atom. The van der Waals surface area contributed by atoms with E-state index in [1.165, 1.54) is 19.3 Å². The molecule has 2 heterocycles. The maximum Gasteiger partial charge on any atom is 0.192 e. The third-order valence-corrected chi connectivity index (χ3v) is 5.43. The Morgan fingerprint density at radius 2 is 2.00 bits per heavy atom. The molecule has 0 aromatic carbocycles. The molecule has 1 atom stereocenters. The lowest BCUT2D eigenvalue weighted by Crippen LogP contribution is -2.48. The predicted molar refractivity (Wildman–Crippen MR) is 123 cm³/mol. The normalized spacial score (nSPS) is 17.5. The fraction of sp³-hybridized carbons (Fsp3) is 0.684. The molecule has 0 radical (unpaired) electrons. The molecule has 1 fully saturated rings. The van der Waals surface area contributed by atoms with E-state index in [4.69, 9.17) is 4.99 Å². The van der Waals surface area contributed by atoms with Gasteiger partial charge in [0.25, 0.3) is 0 Å². The summed E-state index contributed by atoms with van der Waals surface area (Å²) in [6, 6.07) is 0.407. The van der Waals surface area contributed by atoms with E-state index >= 15 is 0 Å². The summed E-state index contributed by atoms with van der Waals surface area (Å²) in [5.74, 6) is 2.36. The smallest absolute Gasteiger partial charge is 0.192 e. The highest BCUT2D eigenvalue weighted by atomic mass is 127. The number of rotatable bonds is 6. The quantitative estimate of drug-likeness (QED) is 0.307. The van der Waals surface area contributed by atoms with Crippen LogP contribution in [0.1, 0.15) is 56.2 Å². The number of halogens is 1. The lowest BCUT2D eigenvalue weighted by Gasteiger charge is -2.28. The Hall–Kier alpha value is -1.69. The molecule has 0 spiro atoms. The van der Waals surface area contributed by atoms with Gasteiger partial charge in [0.05, 0.1) is 12.7 Å². The summed E-state index contributed by atoms with van der Waals surface area (Å²) in [7, 11) is 3.78. The van der Waals surface area contributed by atoms with Gasteiger partial charge in [-0.15, -0.1) is 34.2 Å². The summed E-state index contributed by atoms with van der Waals surface area (Å²) in [6.07, 6.45) is 9.57. The van der Waals surface area contributed by atoms with Gasteiger partial charge in [0.15, 0.2) is 11.8 Å². The van der Waals surface area contributed by atoms with E-state index in [1.54, 1.807) is 17.8 Å². The van der Waals surface area contributed by atoms with E-state index in [9.17, 15) is 5.11 Å². The molecule has 0 bridgehead atoms. The van der Waals surface area contributed by atoms with Crippen LogP contribution in [-0.4, -0.2) is 48.2 Å². The molecule has 0 aliphatic heterocycles. The SMILES string of the molecule is Cc1nnc(CN=C(NCC(C)(O)c2cnn(C)c2)NC2CCCCC2)n1C.I. The molecule has 1 unspecified atom stereocenters. The molecule has 162 valence electrons. The number of aliphatic hydroxyl groups is 1. The van der Waals surface area contributed by atoms with Gasteiger partial charge in [-0.1, -0.05) is 19.3 Å². The van der Waals surface area contributed by atoms with Crippen molar-refractivity contribution in [2.24, 2.45) is 19.1 Å². The van der Waals surface area contributed by atoms with E-state index in [0.717, 1.165) is 30.1 Å². The minimum absolute atomic E-state index is 0. The molecule has 1 saturated carbocycles. The van der Waals surface area contributed by atoms with Crippen LogP contribution < -0.4 is 10.6 Å². The minimum Gasteiger partial charge on any atom is -0.383 e. The molecule has 0 saturated heterocycles. The van der Waals surface area contributed by atoms with E-state index in [1.807, 2.05) is 31.8 Å². The summed E-state index contributed by atoms with van der Waals surface area (Å²) in [6.45, 7) is 4.45. The molecule has 9 nitrogen and oxygen atoms in total. The summed E-state index contributed by atoms with van der Waals surface area (Å²) < 4.78 is 3.63. The van der Waals surface area contributed by atoms with Crippen LogP contribution >= 0.6 is 24.0 Å². The Bertz CT molecular complexity index is 807. The van der Waals surface area contributed by atoms with Crippen molar-refractivity contribution in [1.29, 1.82) is 0 Å². The van der Waals surface area contributed by atoms with Crippen LogP contribution in [0.25, 0.3) is 0 Å². The van der Waals surface area contributed by atoms with Gasteiger partial charge in [0, 0.05) is 31.9 Å². The van der Waals surface area contributed by atoms with Gasteiger partial charge in [-0.25, -0.2) is 4.99 Å². The molecule has 29 heavy (non-hydrogen) atoms. The summed E-state index contributed by atoms with van der Waals surface area (Å²) in [5, 5.41) is 30.1. The first-order valence-corrected chi connectivity index (χ1v) is 9.96. The number of hydrogen-bond acceptors (Lipinski definition) is 5. The van der Waals surface area contributed by atoms with Gasteiger partial charge in [-0.3, -0.25) is 4.68 Å². The topological polar surface area (TPSA) is 105 Å². The van der Waals surface area contributed by atoms with Gasteiger partial charge < -0.3 is 20.3 Å². The zero-order chi connectivity index (χ0) is 20.1. The number of aryl methyl sites for hydroxylation is 2. The lowest BCUT2D eigenvalue weighted by atomic mass is 9.95. The van der Waals surface area contributed by atoms with Crippen LogP contribution in [0.5, 0.6) is 0 Å². The first-order valence-electron chi connectivity index (χ1n) is 9.96. The van der Waals surface area contributed by atoms with E-state index < -0.39 is 5.60 Å². The second kappa shape index (κ2) is 10.4. The van der Waals surface area contributed by atoms with E-state index in [2.05, 4.69) is 25.9 Å². The maximum absolute atomic E-state index is 10.9. The van der Waals surface area contributed by atoms with Crippen molar-refractivity contribution in [3.8, 4) is 0 Å². The predicted octanol–water partition coefficient (Wildman–Crippen LogP) is 1.75. The molecule has 3 N–H and O–H groups in total. The van der Waals surface area contributed by atoms with Crippen LogP contribution in [0.4, 0.5) is 0 Å². The molecule has 1 aliphatic carbocycles. The molecule has 3 rings (SSSR count). The number of nitrogens with one attached hydrogen (secondary N) is 2. The number of guanidine groups is 1. The van der Waals surface area contributed by atoms with E-state index in [0.29, 0.717) is 25.1 Å². The minimum atomic E-state index is -1.05. The average molecular weight is 516 g/mol. The van der Waals surface area contributed by atoms with Crippen LogP contribution in [0.2, 0.25) is 0 Å². The van der Waals surface area contributed by atoms with Crippen LogP contribution in [0.3, 0.4) is 0 Å². The first-order chi connectivity index (χ1) is 13.3. The van der Waals surface area contributed by atoms with E-state index in [-0.39, 0.29) is 24.0 Å². The average Bonchev–Trinajstić information content (AvgIpc) is 3.25.